The predicted molar refractivity (Wildman–Crippen MR) is 102 cm³/mol. The molecule has 0 atom stereocenters. The highest BCUT2D eigenvalue weighted by atomic mass is 16.5. The number of aromatic carboxylic acids is 1. The zero-order chi connectivity index (χ0) is 20.8. The summed E-state index contributed by atoms with van der Waals surface area (Å²) in [6, 6.07) is 7.38. The topological polar surface area (TPSA) is 132 Å². The minimum absolute atomic E-state index is 0.0815. The van der Waals surface area contributed by atoms with Crippen molar-refractivity contribution in [3.05, 3.63) is 57.9 Å². The van der Waals surface area contributed by atoms with Crippen LogP contribution in [0.3, 0.4) is 0 Å². The van der Waals surface area contributed by atoms with E-state index in [2.05, 4.69) is 10.3 Å². The number of amides is 1. The Hall–Kier alpha value is -3.86. The molecule has 8 heteroatoms. The predicted octanol–water partition coefficient (Wildman–Crippen LogP) is 3.05. The van der Waals surface area contributed by atoms with Gasteiger partial charge in [-0.2, -0.15) is 5.26 Å². The highest BCUT2D eigenvalue weighted by molar-refractivity contribution is 6.10. The van der Waals surface area contributed by atoms with E-state index >= 15 is 0 Å². The first-order chi connectivity index (χ1) is 13.3. The van der Waals surface area contributed by atoms with E-state index in [9.17, 15) is 19.6 Å². The summed E-state index contributed by atoms with van der Waals surface area (Å²) >= 11 is 0. The molecule has 2 aromatic rings. The number of hydrogen-bond acceptors (Lipinski definition) is 5. The number of carboxylic acid groups (broad SMARTS) is 1. The lowest BCUT2D eigenvalue weighted by Gasteiger charge is -2.05. The standard InChI is InChI=1S/C20H19N3O5/c1-4-28-20(27)17-11(2)16(22-12(17)3)9-14(10-21)18(24)23-15-7-5-13(6-8-15)19(25)26/h5-9,22H,4H2,1-3H3,(H,23,24)(H,25,26). The lowest BCUT2D eigenvalue weighted by atomic mass is 10.1. The average molecular weight is 381 g/mol. The van der Waals surface area contributed by atoms with Crippen LogP contribution in [0.5, 0.6) is 0 Å². The first kappa shape index (κ1) is 20.5. The summed E-state index contributed by atoms with van der Waals surface area (Å²) < 4.78 is 5.02. The Labute approximate surface area is 161 Å². The number of benzene rings is 1. The van der Waals surface area contributed by atoms with Crippen LogP contribution in [0.4, 0.5) is 5.69 Å². The van der Waals surface area contributed by atoms with Crippen molar-refractivity contribution in [2.24, 2.45) is 0 Å². The molecule has 0 aliphatic rings. The number of H-pyrrole nitrogens is 1. The molecule has 0 fully saturated rings. The minimum Gasteiger partial charge on any atom is -0.478 e. The van der Waals surface area contributed by atoms with E-state index in [1.165, 1.54) is 30.3 Å². The highest BCUT2D eigenvalue weighted by Gasteiger charge is 2.19. The minimum atomic E-state index is -1.08. The zero-order valence-corrected chi connectivity index (χ0v) is 15.6. The molecule has 2 rings (SSSR count). The third kappa shape index (κ3) is 4.45. The second kappa shape index (κ2) is 8.68. The number of nitriles is 1. The molecule has 1 heterocycles. The third-order valence-corrected chi connectivity index (χ3v) is 4.00. The zero-order valence-electron chi connectivity index (χ0n) is 15.6. The molecule has 8 nitrogen and oxygen atoms in total. The van der Waals surface area contributed by atoms with Crippen LogP contribution in [-0.2, 0) is 9.53 Å². The van der Waals surface area contributed by atoms with Gasteiger partial charge in [0.15, 0.2) is 0 Å². The molecular formula is C20H19N3O5. The molecule has 0 saturated carbocycles. The van der Waals surface area contributed by atoms with Crippen molar-refractivity contribution >= 4 is 29.6 Å². The maximum absolute atomic E-state index is 12.4. The van der Waals surface area contributed by atoms with Crippen LogP contribution in [0, 0.1) is 25.2 Å². The van der Waals surface area contributed by atoms with Gasteiger partial charge in [-0.25, -0.2) is 9.59 Å². The lowest BCUT2D eigenvalue weighted by Crippen LogP contribution is -2.13. The van der Waals surface area contributed by atoms with E-state index in [0.717, 1.165) is 0 Å². The van der Waals surface area contributed by atoms with Crippen LogP contribution in [-0.4, -0.2) is 34.5 Å². The van der Waals surface area contributed by atoms with E-state index in [0.29, 0.717) is 28.2 Å². The molecule has 0 bridgehead atoms. The van der Waals surface area contributed by atoms with Crippen LogP contribution >= 0.6 is 0 Å². The van der Waals surface area contributed by atoms with Gasteiger partial charge in [0.1, 0.15) is 11.6 Å². The monoisotopic (exact) mass is 381 g/mol. The number of esters is 1. The van der Waals surface area contributed by atoms with Gasteiger partial charge >= 0.3 is 11.9 Å². The van der Waals surface area contributed by atoms with Crippen LogP contribution < -0.4 is 5.32 Å². The number of carboxylic acids is 1. The number of nitrogens with one attached hydrogen (secondary N) is 2. The Bertz CT molecular complexity index is 994. The quantitative estimate of drug-likeness (QED) is 0.400. The van der Waals surface area contributed by atoms with Gasteiger partial charge in [-0.05, 0) is 56.7 Å². The maximum atomic E-state index is 12.4. The Morgan fingerprint density at radius 3 is 2.43 bits per heavy atom. The Morgan fingerprint density at radius 1 is 1.25 bits per heavy atom. The van der Waals surface area contributed by atoms with Gasteiger partial charge in [-0.1, -0.05) is 0 Å². The van der Waals surface area contributed by atoms with Gasteiger partial charge in [-0.15, -0.1) is 0 Å². The largest absolute Gasteiger partial charge is 0.478 e. The summed E-state index contributed by atoms with van der Waals surface area (Å²) in [5.41, 5.74) is 2.22. The van der Waals surface area contributed by atoms with Crippen LogP contribution in [0.1, 0.15) is 44.6 Å². The first-order valence-electron chi connectivity index (χ1n) is 8.41. The fourth-order valence-electron chi connectivity index (χ4n) is 2.62. The highest BCUT2D eigenvalue weighted by Crippen LogP contribution is 2.21. The molecule has 1 aromatic carbocycles. The molecule has 28 heavy (non-hydrogen) atoms. The Kier molecular flexibility index (Phi) is 6.34. The van der Waals surface area contributed by atoms with Crippen molar-refractivity contribution in [2.75, 3.05) is 11.9 Å². The summed E-state index contributed by atoms with van der Waals surface area (Å²) in [6.07, 6.45) is 1.35. The normalized spacial score (nSPS) is 10.9. The second-order valence-corrected chi connectivity index (χ2v) is 5.89. The number of nitrogens with zero attached hydrogens (tertiary/aromatic N) is 1. The molecule has 0 unspecified atom stereocenters. The summed E-state index contributed by atoms with van der Waals surface area (Å²) in [4.78, 5) is 38.3. The van der Waals surface area contributed by atoms with Gasteiger partial charge in [-0.3, -0.25) is 4.79 Å². The summed E-state index contributed by atoms with van der Waals surface area (Å²) in [6.45, 7) is 5.34. The molecule has 1 aromatic heterocycles. The Balaban J connectivity index is 2.27. The Morgan fingerprint density at radius 2 is 1.89 bits per heavy atom. The van der Waals surface area contributed by atoms with Crippen LogP contribution in [0.15, 0.2) is 29.8 Å². The number of aromatic amines is 1. The fraction of sp³-hybridized carbons (Fsp3) is 0.200. The number of ether oxygens (including phenoxy) is 1. The molecule has 0 aliphatic heterocycles. The second-order valence-electron chi connectivity index (χ2n) is 5.89. The average Bonchev–Trinajstić information content (AvgIpc) is 2.93. The van der Waals surface area contributed by atoms with Crippen LogP contribution in [0.25, 0.3) is 6.08 Å². The number of hydrogen-bond donors (Lipinski definition) is 3. The van der Waals surface area contributed by atoms with E-state index < -0.39 is 17.8 Å². The number of carbonyl (C=O) groups excluding carboxylic acids is 2. The van der Waals surface area contributed by atoms with Crippen molar-refractivity contribution in [1.82, 2.24) is 4.98 Å². The summed E-state index contributed by atoms with van der Waals surface area (Å²) in [7, 11) is 0. The van der Waals surface area contributed by atoms with E-state index in [-0.39, 0.29) is 17.7 Å². The molecule has 0 aliphatic carbocycles. The van der Waals surface area contributed by atoms with Crippen molar-refractivity contribution in [3.63, 3.8) is 0 Å². The van der Waals surface area contributed by atoms with Gasteiger partial charge < -0.3 is 20.1 Å². The molecule has 0 saturated heterocycles. The number of anilines is 1. The van der Waals surface area contributed by atoms with Gasteiger partial charge in [0.2, 0.25) is 0 Å². The smallest absolute Gasteiger partial charge is 0.340 e. The molecule has 0 radical (unpaired) electrons. The van der Waals surface area contributed by atoms with Gasteiger partial charge in [0, 0.05) is 17.1 Å². The van der Waals surface area contributed by atoms with E-state index in [1.807, 2.05) is 6.07 Å². The number of carbonyl (C=O) groups is 3. The van der Waals surface area contributed by atoms with Crippen molar-refractivity contribution < 1.29 is 24.2 Å². The number of rotatable bonds is 6. The van der Waals surface area contributed by atoms with Crippen LogP contribution in [0.2, 0.25) is 0 Å². The first-order valence-corrected chi connectivity index (χ1v) is 8.41. The van der Waals surface area contributed by atoms with E-state index in [4.69, 9.17) is 9.84 Å². The molecular weight excluding hydrogens is 362 g/mol. The molecule has 0 spiro atoms. The molecule has 1 amide bonds. The number of aryl methyl sites for hydroxylation is 1. The van der Waals surface area contributed by atoms with Gasteiger partial charge in [0.05, 0.1) is 17.7 Å². The molecule has 3 N–H and O–H groups in total. The maximum Gasteiger partial charge on any atom is 0.340 e. The fourth-order valence-corrected chi connectivity index (χ4v) is 2.62. The third-order valence-electron chi connectivity index (χ3n) is 4.00. The SMILES string of the molecule is CCOC(=O)c1c(C)[nH]c(C=C(C#N)C(=O)Nc2ccc(C(=O)O)cc2)c1C. The summed E-state index contributed by atoms with van der Waals surface area (Å²) in [5, 5.41) is 20.8. The molecule has 144 valence electrons. The number of aromatic nitrogens is 1. The lowest BCUT2D eigenvalue weighted by molar-refractivity contribution is -0.112. The van der Waals surface area contributed by atoms with E-state index in [1.54, 1.807) is 20.8 Å². The van der Waals surface area contributed by atoms with Crippen molar-refractivity contribution in [3.8, 4) is 6.07 Å². The summed E-state index contributed by atoms with van der Waals surface area (Å²) in [5.74, 6) is -2.21. The van der Waals surface area contributed by atoms with Crippen molar-refractivity contribution in [1.29, 1.82) is 5.26 Å². The van der Waals surface area contributed by atoms with Crippen molar-refractivity contribution in [2.45, 2.75) is 20.8 Å². The van der Waals surface area contributed by atoms with Gasteiger partial charge in [0.25, 0.3) is 5.91 Å².